The number of thioether (sulfide) groups is 2. The summed E-state index contributed by atoms with van der Waals surface area (Å²) >= 11 is 2.54. The zero-order chi connectivity index (χ0) is 46.6. The van der Waals surface area contributed by atoms with Crippen molar-refractivity contribution in [1.29, 1.82) is 0 Å². The average Bonchev–Trinajstić information content (AvgIpc) is 3.26. The number of hydrogen-bond acceptors (Lipinski definition) is 14. The Morgan fingerprint density at radius 1 is 0.578 bits per heavy atom. The summed E-state index contributed by atoms with van der Waals surface area (Å²) in [6, 6.07) is 14.8. The van der Waals surface area contributed by atoms with E-state index in [0.29, 0.717) is 21.3 Å². The molecule has 24 heteroatoms. The highest BCUT2D eigenvalue weighted by molar-refractivity contribution is 8.00. The van der Waals surface area contributed by atoms with Crippen molar-refractivity contribution >= 4 is 92.6 Å². The molecule has 4 aromatic rings. The molecule has 2 aliphatic heterocycles. The van der Waals surface area contributed by atoms with Crippen LogP contribution in [0.1, 0.15) is 45.7 Å². The number of morpholine rings is 2. The molecule has 344 valence electrons. The van der Waals surface area contributed by atoms with Gasteiger partial charge in [-0.25, -0.2) is 16.8 Å². The van der Waals surface area contributed by atoms with Crippen molar-refractivity contribution in [3.05, 3.63) is 102 Å². The summed E-state index contributed by atoms with van der Waals surface area (Å²) in [5, 5.41) is 5.00. The largest absolute Gasteiger partial charge is 0.379 e. The van der Waals surface area contributed by atoms with Crippen molar-refractivity contribution in [2.75, 3.05) is 74.7 Å². The number of hydrogen-bond donors (Lipinski definition) is 4. The van der Waals surface area contributed by atoms with Gasteiger partial charge in [-0.15, -0.1) is 23.5 Å². The second-order valence-corrected chi connectivity index (χ2v) is 23.2. The van der Waals surface area contributed by atoms with Crippen LogP contribution in [0.4, 0.5) is 11.4 Å². The summed E-state index contributed by atoms with van der Waals surface area (Å²) in [6.07, 6.45) is 0. The van der Waals surface area contributed by atoms with Crippen LogP contribution < -0.4 is 10.6 Å². The highest BCUT2D eigenvalue weighted by Gasteiger charge is 2.32. The summed E-state index contributed by atoms with van der Waals surface area (Å²) in [4.78, 5) is 26.1. The van der Waals surface area contributed by atoms with Gasteiger partial charge in [0.05, 0.1) is 36.2 Å². The number of anilines is 2. The molecule has 2 heterocycles. The second-order valence-electron chi connectivity index (χ2n) is 14.0. The van der Waals surface area contributed by atoms with Gasteiger partial charge in [-0.1, -0.05) is 32.6 Å². The van der Waals surface area contributed by atoms with Gasteiger partial charge in [0.25, 0.3) is 32.1 Å². The molecule has 4 N–H and O–H groups in total. The number of carbonyl (C=O) groups excluding carboxylic acids is 2. The zero-order valence-electron chi connectivity index (χ0n) is 34.3. The lowest BCUT2D eigenvalue weighted by Gasteiger charge is -2.27. The van der Waals surface area contributed by atoms with Gasteiger partial charge in [0.15, 0.2) is 0 Å². The van der Waals surface area contributed by atoms with Gasteiger partial charge in [-0.3, -0.25) is 18.7 Å². The fourth-order valence-electron chi connectivity index (χ4n) is 6.78. The number of carbonyl (C=O) groups is 2. The lowest BCUT2D eigenvalue weighted by Crippen LogP contribution is -2.40. The molecule has 2 aliphatic rings. The van der Waals surface area contributed by atoms with Crippen molar-refractivity contribution in [2.24, 2.45) is 0 Å². The molecule has 64 heavy (non-hydrogen) atoms. The molecule has 0 aliphatic carbocycles. The Bertz CT molecular complexity index is 2740. The number of benzene rings is 4. The van der Waals surface area contributed by atoms with Crippen molar-refractivity contribution < 1.29 is 61.8 Å². The SMILES string of the molecule is C=C(c1ccc(NC(=O)c2ccc(SCC)c(S(=O)(=O)N3CCOCC3)c2)cc1S(=O)(=O)O)c1ccc(NC(=O)c2ccc(SCC)c(S(=O)(=O)N3CCOCC3)c2)cc1S(=O)(=O)O. The van der Waals surface area contributed by atoms with Crippen molar-refractivity contribution in [1.82, 2.24) is 8.61 Å². The van der Waals surface area contributed by atoms with Crippen LogP contribution in [0, 0.1) is 0 Å². The molecule has 2 saturated heterocycles. The van der Waals surface area contributed by atoms with Crippen LogP contribution in [-0.2, 0) is 49.8 Å². The van der Waals surface area contributed by atoms with Gasteiger partial charge < -0.3 is 20.1 Å². The standard InChI is InChI=1S/C40H44N4O14S6/c1-4-59-33-12-6-27(22-37(33)61(47,48)43-14-18-57-19-15-43)39(45)41-29-8-10-31(35(24-29)63(51,52)53)26(3)32-11-9-30(25-36(32)64(54,55)56)42-40(46)28-7-13-34(60-5-2)38(23-28)62(49,50)44-16-20-58-21-17-44/h6-13,22-25H,3-5,14-21H2,1-2H3,(H,41,45)(H,42,46)(H,51,52,53)(H,54,55,56). The molecule has 0 radical (unpaired) electrons. The van der Waals surface area contributed by atoms with Crippen LogP contribution in [0.15, 0.2) is 109 Å². The maximum absolute atomic E-state index is 13.6. The van der Waals surface area contributed by atoms with E-state index in [-0.39, 0.29) is 102 Å². The Kier molecular flexibility index (Phi) is 15.5. The number of sulfonamides is 2. The van der Waals surface area contributed by atoms with Crippen molar-refractivity contribution in [3.63, 3.8) is 0 Å². The number of nitrogens with zero attached hydrogens (tertiary/aromatic N) is 2. The number of amides is 2. The Hall–Kier alpha value is -4.18. The highest BCUT2D eigenvalue weighted by atomic mass is 32.2. The Balaban J connectivity index is 1.28. The predicted octanol–water partition coefficient (Wildman–Crippen LogP) is 5.01. The van der Waals surface area contributed by atoms with E-state index in [0.717, 1.165) is 24.3 Å². The normalized spacial score (nSPS) is 15.7. The van der Waals surface area contributed by atoms with Crippen LogP contribution >= 0.6 is 23.5 Å². The van der Waals surface area contributed by atoms with Crippen molar-refractivity contribution in [3.8, 4) is 0 Å². The molecule has 0 spiro atoms. The first-order chi connectivity index (χ1) is 30.2. The fraction of sp³-hybridized carbons (Fsp3) is 0.300. The van der Waals surface area contributed by atoms with E-state index in [1.54, 1.807) is 0 Å². The average molecular weight is 997 g/mol. The van der Waals surface area contributed by atoms with Crippen molar-refractivity contribution in [2.45, 2.75) is 43.2 Å². The predicted molar refractivity (Wildman–Crippen MR) is 241 cm³/mol. The van der Waals surface area contributed by atoms with Gasteiger partial charge in [0.1, 0.15) is 9.79 Å². The summed E-state index contributed by atoms with van der Waals surface area (Å²) < 4.78 is 139. The zero-order valence-corrected chi connectivity index (χ0v) is 39.2. The molecule has 2 fully saturated rings. The lowest BCUT2D eigenvalue weighted by atomic mass is 9.98. The van der Waals surface area contributed by atoms with Crippen LogP contribution in [0.3, 0.4) is 0 Å². The van der Waals surface area contributed by atoms with E-state index in [1.165, 1.54) is 80.7 Å². The smallest absolute Gasteiger partial charge is 0.295 e. The molecule has 0 saturated carbocycles. The third-order valence-electron chi connectivity index (χ3n) is 9.87. The second kappa shape index (κ2) is 20.1. The van der Waals surface area contributed by atoms with Gasteiger partial charge in [0.2, 0.25) is 20.0 Å². The Labute approximate surface area is 380 Å². The summed E-state index contributed by atoms with van der Waals surface area (Å²) in [7, 11) is -18.3. The molecular weight excluding hydrogens is 953 g/mol. The molecule has 0 bridgehead atoms. The van der Waals surface area contributed by atoms with E-state index in [2.05, 4.69) is 17.2 Å². The Morgan fingerprint density at radius 2 is 0.938 bits per heavy atom. The molecule has 0 aromatic heterocycles. The van der Waals surface area contributed by atoms with Gasteiger partial charge in [-0.05, 0) is 77.7 Å². The van der Waals surface area contributed by atoms with Crippen LogP contribution in [0.5, 0.6) is 0 Å². The van der Waals surface area contributed by atoms with Gasteiger partial charge in [-0.2, -0.15) is 25.4 Å². The molecule has 2 amide bonds. The molecular formula is C40H44N4O14S6. The third-order valence-corrected chi connectivity index (χ3v) is 17.7. The summed E-state index contributed by atoms with van der Waals surface area (Å²) in [5.41, 5.74) is -1.46. The minimum atomic E-state index is -5.12. The fourth-order valence-corrected chi connectivity index (χ4v) is 13.6. The molecule has 6 rings (SSSR count). The number of ether oxygens (including phenoxy) is 2. The Morgan fingerprint density at radius 3 is 1.27 bits per heavy atom. The van der Waals surface area contributed by atoms with E-state index in [1.807, 2.05) is 13.8 Å². The van der Waals surface area contributed by atoms with E-state index < -0.39 is 61.9 Å². The highest BCUT2D eigenvalue weighted by Crippen LogP contribution is 2.36. The van der Waals surface area contributed by atoms with Gasteiger partial charge >= 0.3 is 0 Å². The van der Waals surface area contributed by atoms with E-state index >= 15 is 0 Å². The van der Waals surface area contributed by atoms with Gasteiger partial charge in [0, 0.05) is 69.6 Å². The first-order valence-corrected chi connectivity index (χ1v) is 27.1. The minimum absolute atomic E-state index is 0.0786. The monoisotopic (exact) mass is 996 g/mol. The van der Waals surface area contributed by atoms with E-state index in [4.69, 9.17) is 9.47 Å². The number of nitrogens with one attached hydrogen (secondary N) is 2. The quantitative estimate of drug-likeness (QED) is 0.0849. The molecule has 18 nitrogen and oxygen atoms in total. The lowest BCUT2D eigenvalue weighted by molar-refractivity contribution is 0.0729. The third kappa shape index (κ3) is 11.1. The first kappa shape index (κ1) is 49.3. The topological polar surface area (TPSA) is 260 Å². The summed E-state index contributed by atoms with van der Waals surface area (Å²) in [6.45, 7) is 8.84. The maximum Gasteiger partial charge on any atom is 0.295 e. The van der Waals surface area contributed by atoms with Crippen LogP contribution in [0.2, 0.25) is 0 Å². The first-order valence-electron chi connectivity index (χ1n) is 19.4. The number of rotatable bonds is 16. The molecule has 0 atom stereocenters. The minimum Gasteiger partial charge on any atom is -0.379 e. The maximum atomic E-state index is 13.6. The molecule has 4 aromatic carbocycles. The van der Waals surface area contributed by atoms with Crippen LogP contribution in [-0.4, -0.2) is 127 Å². The van der Waals surface area contributed by atoms with Crippen LogP contribution in [0.25, 0.3) is 5.57 Å². The summed E-state index contributed by atoms with van der Waals surface area (Å²) in [5.74, 6) is -0.562. The van der Waals surface area contributed by atoms with E-state index in [9.17, 15) is 52.4 Å². The molecule has 0 unspecified atom stereocenters.